The molecule has 3 rings (SSSR count). The molecule has 1 unspecified atom stereocenters. The van der Waals surface area contributed by atoms with Crippen LogP contribution in [0.1, 0.15) is 27.8 Å². The monoisotopic (exact) mass is 485 g/mol. The van der Waals surface area contributed by atoms with E-state index in [9.17, 15) is 22.8 Å². The van der Waals surface area contributed by atoms with Crippen LogP contribution < -0.4 is 15.0 Å². The summed E-state index contributed by atoms with van der Waals surface area (Å²) in [6, 6.07) is 17.2. The van der Waals surface area contributed by atoms with Gasteiger partial charge in [0.25, 0.3) is 5.56 Å². The summed E-state index contributed by atoms with van der Waals surface area (Å²) >= 11 is 0. The fraction of sp³-hybridized carbons (Fsp3) is 0.217. The Hall–Kier alpha value is -3.99. The molecule has 10 nitrogen and oxygen atoms in total. The van der Waals surface area contributed by atoms with Gasteiger partial charge in [-0.05, 0) is 49.4 Å². The zero-order chi connectivity index (χ0) is 24.7. The van der Waals surface area contributed by atoms with Crippen molar-refractivity contribution in [3.63, 3.8) is 0 Å². The third-order valence-electron chi connectivity index (χ3n) is 4.52. The zero-order valence-electron chi connectivity index (χ0n) is 18.5. The molecular formula is C23H23N3O7S. The number of Topliss-reactive ketones (excluding diaryl/α,β-unsaturated/α-hetero) is 1. The number of hydrogen-bond acceptors (Lipinski definition) is 8. The SMILES string of the molecule is CC(OC(=O)c1ccc(=O)n(CCOc2ccccc2)n1)C(=O)c1ccc(NS(C)(=O)=O)cc1. The molecule has 34 heavy (non-hydrogen) atoms. The van der Waals surface area contributed by atoms with E-state index in [1.165, 1.54) is 43.3 Å². The Balaban J connectivity index is 1.61. The molecule has 0 spiro atoms. The molecule has 178 valence electrons. The highest BCUT2D eigenvalue weighted by molar-refractivity contribution is 7.92. The van der Waals surface area contributed by atoms with E-state index >= 15 is 0 Å². The van der Waals surface area contributed by atoms with E-state index in [0.29, 0.717) is 11.4 Å². The van der Waals surface area contributed by atoms with E-state index in [-0.39, 0.29) is 24.4 Å². The molecule has 1 atom stereocenters. The number of carbonyl (C=O) groups excluding carboxylic acids is 2. The maximum Gasteiger partial charge on any atom is 0.359 e. The molecule has 11 heteroatoms. The van der Waals surface area contributed by atoms with Gasteiger partial charge >= 0.3 is 5.97 Å². The van der Waals surface area contributed by atoms with Crippen LogP contribution in [0.4, 0.5) is 5.69 Å². The van der Waals surface area contributed by atoms with E-state index < -0.39 is 33.4 Å². The molecule has 1 aromatic heterocycles. The van der Waals surface area contributed by atoms with E-state index in [1.54, 1.807) is 12.1 Å². The predicted molar refractivity (Wildman–Crippen MR) is 125 cm³/mol. The first-order chi connectivity index (χ1) is 16.1. The summed E-state index contributed by atoms with van der Waals surface area (Å²) < 4.78 is 36.7. The number of carbonyl (C=O) groups is 2. The molecule has 0 radical (unpaired) electrons. The molecule has 2 aromatic carbocycles. The standard InChI is InChI=1S/C23H23N3O7S/c1-16(22(28)17-8-10-18(11-9-17)25-34(2,30)31)33-23(29)20-12-13-21(27)26(24-20)14-15-32-19-6-4-3-5-7-19/h3-13,16,25H,14-15H2,1-2H3. The second-order valence-corrected chi connectivity index (χ2v) is 9.05. The number of aromatic nitrogens is 2. The Morgan fingerprint density at radius 3 is 2.35 bits per heavy atom. The minimum atomic E-state index is -3.44. The average molecular weight is 486 g/mol. The molecule has 1 heterocycles. The van der Waals surface area contributed by atoms with Crippen LogP contribution in [-0.4, -0.2) is 48.9 Å². The number of anilines is 1. The van der Waals surface area contributed by atoms with Gasteiger partial charge in [-0.15, -0.1) is 0 Å². The van der Waals surface area contributed by atoms with Gasteiger partial charge in [0.2, 0.25) is 15.8 Å². The lowest BCUT2D eigenvalue weighted by Gasteiger charge is -2.13. The van der Waals surface area contributed by atoms with Crippen molar-refractivity contribution in [1.29, 1.82) is 0 Å². The highest BCUT2D eigenvalue weighted by Crippen LogP contribution is 2.14. The first-order valence-electron chi connectivity index (χ1n) is 10.2. The van der Waals surface area contributed by atoms with Crippen molar-refractivity contribution in [2.45, 2.75) is 19.6 Å². The summed E-state index contributed by atoms with van der Waals surface area (Å²) in [4.78, 5) is 37.2. The quantitative estimate of drug-likeness (QED) is 0.341. The van der Waals surface area contributed by atoms with Crippen molar-refractivity contribution >= 4 is 27.5 Å². The largest absolute Gasteiger partial charge is 0.492 e. The normalized spacial score (nSPS) is 11.9. The van der Waals surface area contributed by atoms with Crippen molar-refractivity contribution in [2.24, 2.45) is 0 Å². The van der Waals surface area contributed by atoms with Crippen molar-refractivity contribution in [1.82, 2.24) is 9.78 Å². The highest BCUT2D eigenvalue weighted by atomic mass is 32.2. The molecule has 0 amide bonds. The van der Waals surface area contributed by atoms with Crippen LogP contribution in [0, 0.1) is 0 Å². The molecule has 0 bridgehead atoms. The van der Waals surface area contributed by atoms with Gasteiger partial charge < -0.3 is 9.47 Å². The van der Waals surface area contributed by atoms with Crippen molar-refractivity contribution in [3.8, 4) is 5.75 Å². The van der Waals surface area contributed by atoms with Crippen molar-refractivity contribution < 1.29 is 27.5 Å². The Morgan fingerprint density at radius 1 is 1.03 bits per heavy atom. The Bertz CT molecular complexity index is 1320. The molecule has 0 fully saturated rings. The highest BCUT2D eigenvalue weighted by Gasteiger charge is 2.22. The lowest BCUT2D eigenvalue weighted by Crippen LogP contribution is -2.29. The van der Waals surface area contributed by atoms with Gasteiger partial charge in [-0.3, -0.25) is 14.3 Å². The number of ether oxygens (including phenoxy) is 2. The summed E-state index contributed by atoms with van der Waals surface area (Å²) in [6.45, 7) is 1.68. The van der Waals surface area contributed by atoms with E-state index in [2.05, 4.69) is 9.82 Å². The summed E-state index contributed by atoms with van der Waals surface area (Å²) in [5, 5.41) is 4.01. The van der Waals surface area contributed by atoms with Gasteiger partial charge in [0.05, 0.1) is 12.8 Å². The van der Waals surface area contributed by atoms with Crippen LogP contribution in [-0.2, 0) is 21.3 Å². The summed E-state index contributed by atoms with van der Waals surface area (Å²) in [7, 11) is -3.44. The first-order valence-corrected chi connectivity index (χ1v) is 12.1. The Labute approximate surface area is 196 Å². The second kappa shape index (κ2) is 10.8. The number of para-hydroxylation sites is 1. The third kappa shape index (κ3) is 7.01. The molecule has 3 aromatic rings. The smallest absolute Gasteiger partial charge is 0.359 e. The number of rotatable bonds is 10. The predicted octanol–water partition coefficient (Wildman–Crippen LogP) is 2.12. The van der Waals surface area contributed by atoms with E-state index in [0.717, 1.165) is 10.9 Å². The van der Waals surface area contributed by atoms with Crippen LogP contribution in [0.3, 0.4) is 0 Å². The number of esters is 1. The van der Waals surface area contributed by atoms with Gasteiger partial charge in [-0.25, -0.2) is 17.9 Å². The number of benzene rings is 2. The summed E-state index contributed by atoms with van der Waals surface area (Å²) in [5.74, 6) is -0.712. The fourth-order valence-corrected chi connectivity index (χ4v) is 3.47. The van der Waals surface area contributed by atoms with Crippen LogP contribution in [0.25, 0.3) is 0 Å². The van der Waals surface area contributed by atoms with Crippen LogP contribution in [0.2, 0.25) is 0 Å². The Kier molecular flexibility index (Phi) is 7.79. The lowest BCUT2D eigenvalue weighted by molar-refractivity contribution is 0.0310. The molecule has 0 saturated heterocycles. The summed E-state index contributed by atoms with van der Waals surface area (Å²) in [6.07, 6.45) is -0.120. The number of nitrogens with one attached hydrogen (secondary N) is 1. The molecule has 0 saturated carbocycles. The molecule has 0 aliphatic carbocycles. The second-order valence-electron chi connectivity index (χ2n) is 7.30. The van der Waals surface area contributed by atoms with Gasteiger partial charge in [0.15, 0.2) is 11.8 Å². The van der Waals surface area contributed by atoms with Crippen LogP contribution >= 0.6 is 0 Å². The molecule has 1 N–H and O–H groups in total. The van der Waals surface area contributed by atoms with E-state index in [4.69, 9.17) is 9.47 Å². The maximum atomic E-state index is 12.6. The molecule has 0 aliphatic heterocycles. The van der Waals surface area contributed by atoms with Crippen LogP contribution in [0.5, 0.6) is 5.75 Å². The first kappa shape index (κ1) is 24.6. The van der Waals surface area contributed by atoms with Crippen LogP contribution in [0.15, 0.2) is 71.5 Å². The minimum absolute atomic E-state index is 0.108. The van der Waals surface area contributed by atoms with E-state index in [1.807, 2.05) is 18.2 Å². The van der Waals surface area contributed by atoms with Gasteiger partial charge in [-0.1, -0.05) is 18.2 Å². The molecule has 0 aliphatic rings. The fourth-order valence-electron chi connectivity index (χ4n) is 2.91. The number of sulfonamides is 1. The number of hydrogen-bond donors (Lipinski definition) is 1. The summed E-state index contributed by atoms with van der Waals surface area (Å²) in [5.41, 5.74) is -0.0199. The topological polar surface area (TPSA) is 134 Å². The molecular weight excluding hydrogens is 462 g/mol. The Morgan fingerprint density at radius 2 is 1.71 bits per heavy atom. The van der Waals surface area contributed by atoms with Gasteiger partial charge in [0.1, 0.15) is 12.4 Å². The zero-order valence-corrected chi connectivity index (χ0v) is 19.3. The lowest BCUT2D eigenvalue weighted by atomic mass is 10.1. The minimum Gasteiger partial charge on any atom is -0.492 e. The van der Waals surface area contributed by atoms with Crippen molar-refractivity contribution in [3.05, 3.63) is 88.3 Å². The average Bonchev–Trinajstić information content (AvgIpc) is 2.80. The van der Waals surface area contributed by atoms with Gasteiger partial charge in [-0.2, -0.15) is 5.10 Å². The maximum absolute atomic E-state index is 12.6. The van der Waals surface area contributed by atoms with Crippen molar-refractivity contribution in [2.75, 3.05) is 17.6 Å². The number of nitrogens with zero attached hydrogens (tertiary/aromatic N) is 2. The number of ketones is 1. The van der Waals surface area contributed by atoms with Gasteiger partial charge in [0, 0.05) is 17.3 Å². The third-order valence-corrected chi connectivity index (χ3v) is 5.12.